The Morgan fingerprint density at radius 1 is 1.00 bits per heavy atom. The van der Waals surface area contributed by atoms with Crippen molar-refractivity contribution >= 4 is 48.8 Å². The van der Waals surface area contributed by atoms with E-state index in [0.717, 1.165) is 32.7 Å². The molecule has 0 radical (unpaired) electrons. The number of rotatable bonds is 4. The Bertz CT molecular complexity index is 852. The number of carbonyl (C=O) groups is 1. The molecule has 2 heterocycles. The Morgan fingerprint density at radius 3 is 2.35 bits per heavy atom. The zero-order valence-corrected chi connectivity index (χ0v) is 20.5. The number of carbonyl (C=O) groups excluding carboxylic acids is 1. The number of hydrogen-bond acceptors (Lipinski definition) is 4. The SMILES string of the molecule is CC1CN(CC(N)=O)CCN1c1cccc2c1CN(C)CC2c1ccccc1.Cl.Cl.Cl. The normalized spacial score (nSPS) is 21.2. The van der Waals surface area contributed by atoms with E-state index in [0.29, 0.717) is 18.5 Å². The van der Waals surface area contributed by atoms with Gasteiger partial charge in [-0.25, -0.2) is 0 Å². The van der Waals surface area contributed by atoms with Gasteiger partial charge in [-0.05, 0) is 36.7 Å². The van der Waals surface area contributed by atoms with Crippen LogP contribution in [0.3, 0.4) is 0 Å². The average molecular weight is 488 g/mol. The first-order valence-corrected chi connectivity index (χ1v) is 10.2. The number of halogens is 3. The Hall–Kier alpha value is -1.50. The Kier molecular flexibility index (Phi) is 10.6. The summed E-state index contributed by atoms with van der Waals surface area (Å²) in [7, 11) is 2.21. The van der Waals surface area contributed by atoms with Crippen molar-refractivity contribution in [3.63, 3.8) is 0 Å². The van der Waals surface area contributed by atoms with E-state index in [4.69, 9.17) is 5.73 Å². The van der Waals surface area contributed by atoms with Crippen LogP contribution in [0.5, 0.6) is 0 Å². The summed E-state index contributed by atoms with van der Waals surface area (Å²) in [5, 5.41) is 0. The molecule has 0 aromatic heterocycles. The summed E-state index contributed by atoms with van der Waals surface area (Å²) in [5.41, 5.74) is 11.0. The van der Waals surface area contributed by atoms with Crippen LogP contribution in [0.15, 0.2) is 48.5 Å². The molecule has 1 fully saturated rings. The van der Waals surface area contributed by atoms with Crippen molar-refractivity contribution < 1.29 is 4.79 Å². The smallest absolute Gasteiger partial charge is 0.231 e. The standard InChI is InChI=1S/C23H30N4O.3ClH/c1-17-13-26(16-23(24)28)11-12-27(17)22-10-6-9-19-20(14-25(2)15-21(19)22)18-7-4-3-5-8-18;;;/h3-10,17,20H,11-16H2,1-2H3,(H2,24,28);3*1H. The van der Waals surface area contributed by atoms with E-state index < -0.39 is 0 Å². The highest BCUT2D eigenvalue weighted by Crippen LogP contribution is 2.38. The molecule has 2 aliphatic rings. The van der Waals surface area contributed by atoms with E-state index in [1.54, 1.807) is 0 Å². The minimum absolute atomic E-state index is 0. The van der Waals surface area contributed by atoms with Gasteiger partial charge in [0.25, 0.3) is 0 Å². The van der Waals surface area contributed by atoms with Crippen molar-refractivity contribution in [3.05, 3.63) is 65.2 Å². The van der Waals surface area contributed by atoms with Crippen LogP contribution in [0, 0.1) is 0 Å². The fourth-order valence-corrected chi connectivity index (χ4v) is 4.83. The Balaban J connectivity index is 0.00000160. The van der Waals surface area contributed by atoms with Gasteiger partial charge in [-0.3, -0.25) is 9.69 Å². The number of amides is 1. The number of fused-ring (bicyclic) bond motifs is 1. The molecule has 0 bridgehead atoms. The first kappa shape index (κ1) is 27.5. The number of likely N-dealkylation sites (N-methyl/N-ethyl adjacent to an activating group) is 1. The molecule has 1 saturated heterocycles. The Morgan fingerprint density at radius 2 is 1.71 bits per heavy atom. The quantitative estimate of drug-likeness (QED) is 0.717. The molecule has 31 heavy (non-hydrogen) atoms. The minimum atomic E-state index is -0.245. The number of nitrogens with zero attached hydrogens (tertiary/aromatic N) is 3. The maximum absolute atomic E-state index is 11.3. The van der Waals surface area contributed by atoms with Gasteiger partial charge < -0.3 is 15.5 Å². The van der Waals surface area contributed by atoms with E-state index in [-0.39, 0.29) is 43.1 Å². The topological polar surface area (TPSA) is 52.8 Å². The summed E-state index contributed by atoms with van der Waals surface area (Å²) in [6.45, 7) is 7.27. The fraction of sp³-hybridized carbons (Fsp3) is 0.435. The van der Waals surface area contributed by atoms with Crippen LogP contribution >= 0.6 is 37.2 Å². The minimum Gasteiger partial charge on any atom is -0.369 e. The summed E-state index contributed by atoms with van der Waals surface area (Å²) in [6.07, 6.45) is 0. The monoisotopic (exact) mass is 486 g/mol. The van der Waals surface area contributed by atoms with E-state index in [1.807, 2.05) is 0 Å². The number of anilines is 1. The number of piperazine rings is 1. The van der Waals surface area contributed by atoms with Crippen LogP contribution in [-0.4, -0.2) is 61.5 Å². The van der Waals surface area contributed by atoms with Gasteiger partial charge in [0.2, 0.25) is 5.91 Å². The third kappa shape index (κ3) is 6.05. The largest absolute Gasteiger partial charge is 0.369 e. The first-order valence-electron chi connectivity index (χ1n) is 10.2. The van der Waals surface area contributed by atoms with Crippen molar-refractivity contribution in [1.29, 1.82) is 0 Å². The zero-order valence-electron chi connectivity index (χ0n) is 18.1. The van der Waals surface area contributed by atoms with E-state index in [1.165, 1.54) is 22.4 Å². The molecule has 2 N–H and O–H groups in total. The van der Waals surface area contributed by atoms with E-state index >= 15 is 0 Å². The number of benzene rings is 2. The summed E-state index contributed by atoms with van der Waals surface area (Å²) in [4.78, 5) is 18.4. The predicted molar refractivity (Wildman–Crippen MR) is 135 cm³/mol. The molecule has 5 nitrogen and oxygen atoms in total. The molecule has 0 spiro atoms. The molecule has 8 heteroatoms. The highest BCUT2D eigenvalue weighted by molar-refractivity contribution is 5.86. The molecular formula is C23H33Cl3N4O. The van der Waals surface area contributed by atoms with Gasteiger partial charge >= 0.3 is 0 Å². The molecule has 2 aromatic carbocycles. The summed E-state index contributed by atoms with van der Waals surface area (Å²) >= 11 is 0. The summed E-state index contributed by atoms with van der Waals surface area (Å²) < 4.78 is 0. The van der Waals surface area contributed by atoms with Crippen LogP contribution < -0.4 is 10.6 Å². The third-order valence-corrected chi connectivity index (χ3v) is 6.09. The number of primary amides is 1. The van der Waals surface area contributed by atoms with Crippen LogP contribution in [0.1, 0.15) is 29.5 Å². The third-order valence-electron chi connectivity index (χ3n) is 6.09. The van der Waals surface area contributed by atoms with Gasteiger partial charge in [-0.2, -0.15) is 0 Å². The molecular weight excluding hydrogens is 455 g/mol. The van der Waals surface area contributed by atoms with Gasteiger partial charge in [-0.1, -0.05) is 42.5 Å². The second kappa shape index (κ2) is 11.9. The van der Waals surface area contributed by atoms with Gasteiger partial charge in [0.05, 0.1) is 6.54 Å². The molecule has 2 aliphatic heterocycles. The van der Waals surface area contributed by atoms with Gasteiger partial charge in [0, 0.05) is 50.4 Å². The van der Waals surface area contributed by atoms with Crippen molar-refractivity contribution in [2.75, 3.05) is 44.7 Å². The van der Waals surface area contributed by atoms with Gasteiger partial charge in [0.1, 0.15) is 0 Å². The summed E-state index contributed by atoms with van der Waals surface area (Å²) in [5.74, 6) is 0.159. The lowest BCUT2D eigenvalue weighted by Gasteiger charge is -2.43. The van der Waals surface area contributed by atoms with Crippen LogP contribution in [-0.2, 0) is 11.3 Å². The number of nitrogens with two attached hydrogens (primary N) is 1. The lowest BCUT2D eigenvalue weighted by Crippen LogP contribution is -2.54. The van der Waals surface area contributed by atoms with Crippen molar-refractivity contribution in [2.24, 2.45) is 5.73 Å². The average Bonchev–Trinajstić information content (AvgIpc) is 2.67. The lowest BCUT2D eigenvalue weighted by molar-refractivity contribution is -0.119. The van der Waals surface area contributed by atoms with Crippen molar-refractivity contribution in [3.8, 4) is 0 Å². The first-order chi connectivity index (χ1) is 13.5. The Labute approximate surface area is 204 Å². The van der Waals surface area contributed by atoms with Crippen LogP contribution in [0.25, 0.3) is 0 Å². The molecule has 2 unspecified atom stereocenters. The van der Waals surface area contributed by atoms with Gasteiger partial charge in [-0.15, -0.1) is 37.2 Å². The predicted octanol–water partition coefficient (Wildman–Crippen LogP) is 3.53. The molecule has 1 amide bonds. The summed E-state index contributed by atoms with van der Waals surface area (Å²) in [6, 6.07) is 18.0. The van der Waals surface area contributed by atoms with Gasteiger partial charge in [0.15, 0.2) is 0 Å². The highest BCUT2D eigenvalue weighted by Gasteiger charge is 2.31. The maximum Gasteiger partial charge on any atom is 0.231 e. The molecule has 2 aromatic rings. The van der Waals surface area contributed by atoms with E-state index in [2.05, 4.69) is 77.2 Å². The molecule has 172 valence electrons. The second-order valence-electron chi connectivity index (χ2n) is 8.25. The zero-order chi connectivity index (χ0) is 19.7. The van der Waals surface area contributed by atoms with Crippen LogP contribution in [0.2, 0.25) is 0 Å². The van der Waals surface area contributed by atoms with Crippen molar-refractivity contribution in [2.45, 2.75) is 25.4 Å². The molecule has 4 rings (SSSR count). The van der Waals surface area contributed by atoms with E-state index in [9.17, 15) is 4.79 Å². The fourth-order valence-electron chi connectivity index (χ4n) is 4.83. The molecule has 0 aliphatic carbocycles. The van der Waals surface area contributed by atoms with Crippen molar-refractivity contribution in [1.82, 2.24) is 9.80 Å². The van der Waals surface area contributed by atoms with Crippen LogP contribution in [0.4, 0.5) is 5.69 Å². The molecule has 2 atom stereocenters. The second-order valence-corrected chi connectivity index (χ2v) is 8.25. The number of hydrogen-bond donors (Lipinski definition) is 1. The molecule has 0 saturated carbocycles. The maximum atomic E-state index is 11.3. The lowest BCUT2D eigenvalue weighted by atomic mass is 9.84. The highest BCUT2D eigenvalue weighted by atomic mass is 35.5.